The van der Waals surface area contributed by atoms with E-state index in [9.17, 15) is 9.90 Å². The smallest absolute Gasteiger partial charge is 0.223 e. The van der Waals surface area contributed by atoms with Gasteiger partial charge in [0.1, 0.15) is 5.75 Å². The normalized spacial score (nSPS) is 15.9. The number of carbonyl (C=O) groups is 1. The molecule has 1 aliphatic rings. The van der Waals surface area contributed by atoms with Crippen LogP contribution in [0.1, 0.15) is 37.9 Å². The molecule has 5 heteroatoms. The third kappa shape index (κ3) is 4.40. The molecule has 0 spiro atoms. The molecule has 1 fully saturated rings. The van der Waals surface area contributed by atoms with E-state index >= 15 is 0 Å². The number of aliphatic hydroxyl groups excluding tert-OH is 1. The number of aliphatic hydroxyl groups is 1. The van der Waals surface area contributed by atoms with Gasteiger partial charge in [0.25, 0.3) is 0 Å². The second-order valence-electron chi connectivity index (χ2n) is 4.80. The molecule has 0 bridgehead atoms. The van der Waals surface area contributed by atoms with Crippen LogP contribution in [0.25, 0.3) is 0 Å². The van der Waals surface area contributed by atoms with Crippen LogP contribution >= 0.6 is 11.6 Å². The summed E-state index contributed by atoms with van der Waals surface area (Å²) in [4.78, 5) is 11.5. The summed E-state index contributed by atoms with van der Waals surface area (Å²) < 4.78 is 5.55. The average Bonchev–Trinajstić information content (AvgIpc) is 3.14. The zero-order valence-corrected chi connectivity index (χ0v) is 11.6. The van der Waals surface area contributed by atoms with Crippen LogP contribution < -0.4 is 10.1 Å². The van der Waals surface area contributed by atoms with E-state index in [1.807, 2.05) is 0 Å². The zero-order chi connectivity index (χ0) is 13.8. The van der Waals surface area contributed by atoms with Crippen molar-refractivity contribution in [3.05, 3.63) is 28.8 Å². The average molecular weight is 284 g/mol. The number of rotatable bonds is 6. The Bertz CT molecular complexity index is 458. The molecule has 19 heavy (non-hydrogen) atoms. The van der Waals surface area contributed by atoms with E-state index in [2.05, 4.69) is 5.32 Å². The molecule has 1 atom stereocenters. The Morgan fingerprint density at radius 3 is 2.95 bits per heavy atom. The molecule has 0 aromatic heterocycles. The van der Waals surface area contributed by atoms with Crippen molar-refractivity contribution in [3.8, 4) is 5.75 Å². The van der Waals surface area contributed by atoms with E-state index in [1.54, 1.807) is 25.1 Å². The van der Waals surface area contributed by atoms with E-state index in [1.165, 1.54) is 0 Å². The van der Waals surface area contributed by atoms with Crippen LogP contribution in [0.2, 0.25) is 5.02 Å². The molecule has 2 N–H and O–H groups in total. The highest BCUT2D eigenvalue weighted by molar-refractivity contribution is 6.30. The number of ether oxygens (including phenoxy) is 1. The molecule has 0 heterocycles. The van der Waals surface area contributed by atoms with Gasteiger partial charge in [-0.05, 0) is 38.0 Å². The van der Waals surface area contributed by atoms with E-state index in [-0.39, 0.29) is 5.91 Å². The fourth-order valence-electron chi connectivity index (χ4n) is 1.76. The minimum Gasteiger partial charge on any atom is -0.493 e. The summed E-state index contributed by atoms with van der Waals surface area (Å²) in [6.07, 6.45) is 1.82. The molecule has 104 valence electrons. The second-order valence-corrected chi connectivity index (χ2v) is 5.23. The van der Waals surface area contributed by atoms with Crippen molar-refractivity contribution in [1.82, 2.24) is 5.32 Å². The largest absolute Gasteiger partial charge is 0.493 e. The SMILES string of the molecule is C[C@H](O)c1cc(Cl)ccc1OCCC(=O)NC1CC1. The summed E-state index contributed by atoms with van der Waals surface area (Å²) in [6, 6.07) is 5.46. The van der Waals surface area contributed by atoms with Crippen LogP contribution in [0.5, 0.6) is 5.75 Å². The Balaban J connectivity index is 1.86. The van der Waals surface area contributed by atoms with Crippen LogP contribution in [-0.2, 0) is 4.79 Å². The third-order valence-corrected chi connectivity index (χ3v) is 3.19. The van der Waals surface area contributed by atoms with Gasteiger partial charge in [0, 0.05) is 16.6 Å². The maximum atomic E-state index is 11.5. The molecule has 0 unspecified atom stereocenters. The number of carbonyl (C=O) groups excluding carboxylic acids is 1. The first kappa shape index (κ1) is 14.2. The molecular weight excluding hydrogens is 266 g/mol. The molecule has 0 saturated heterocycles. The molecule has 2 rings (SSSR count). The number of benzene rings is 1. The lowest BCUT2D eigenvalue weighted by Gasteiger charge is -2.13. The second kappa shape index (κ2) is 6.26. The van der Waals surface area contributed by atoms with Crippen LogP contribution in [0, 0.1) is 0 Å². The Kier molecular flexibility index (Phi) is 4.66. The number of nitrogens with one attached hydrogen (secondary N) is 1. The summed E-state index contributed by atoms with van der Waals surface area (Å²) in [5.41, 5.74) is 0.634. The first-order valence-corrected chi connectivity index (χ1v) is 6.83. The molecule has 0 aliphatic heterocycles. The molecule has 1 amide bonds. The monoisotopic (exact) mass is 283 g/mol. The topological polar surface area (TPSA) is 58.6 Å². The minimum atomic E-state index is -0.658. The quantitative estimate of drug-likeness (QED) is 0.843. The highest BCUT2D eigenvalue weighted by Crippen LogP contribution is 2.28. The van der Waals surface area contributed by atoms with E-state index in [4.69, 9.17) is 16.3 Å². The van der Waals surface area contributed by atoms with Gasteiger partial charge in [0.2, 0.25) is 5.91 Å². The van der Waals surface area contributed by atoms with Crippen molar-refractivity contribution in [2.75, 3.05) is 6.61 Å². The maximum absolute atomic E-state index is 11.5. The summed E-state index contributed by atoms with van der Waals surface area (Å²) >= 11 is 5.88. The van der Waals surface area contributed by atoms with Crippen LogP contribution in [0.3, 0.4) is 0 Å². The van der Waals surface area contributed by atoms with Gasteiger partial charge in [-0.25, -0.2) is 0 Å². The van der Waals surface area contributed by atoms with Gasteiger partial charge in [-0.15, -0.1) is 0 Å². The predicted octanol–water partition coefficient (Wildman–Crippen LogP) is 2.44. The lowest BCUT2D eigenvalue weighted by atomic mass is 10.1. The minimum absolute atomic E-state index is 0.00932. The van der Waals surface area contributed by atoms with Gasteiger partial charge < -0.3 is 15.2 Å². The van der Waals surface area contributed by atoms with Gasteiger partial charge in [-0.2, -0.15) is 0 Å². The maximum Gasteiger partial charge on any atom is 0.223 e. The Labute approximate surface area is 117 Å². The molecular formula is C14H18ClNO3. The van der Waals surface area contributed by atoms with Crippen molar-refractivity contribution in [3.63, 3.8) is 0 Å². The van der Waals surface area contributed by atoms with Gasteiger partial charge >= 0.3 is 0 Å². The lowest BCUT2D eigenvalue weighted by Crippen LogP contribution is -2.26. The Morgan fingerprint density at radius 1 is 1.58 bits per heavy atom. The Hall–Kier alpha value is -1.26. The van der Waals surface area contributed by atoms with E-state index in [0.29, 0.717) is 35.4 Å². The first-order valence-electron chi connectivity index (χ1n) is 6.46. The fraction of sp³-hybridized carbons (Fsp3) is 0.500. The Morgan fingerprint density at radius 2 is 2.32 bits per heavy atom. The number of hydrogen-bond donors (Lipinski definition) is 2. The number of amides is 1. The standard InChI is InChI=1S/C14H18ClNO3/c1-9(17)12-8-10(15)2-5-13(12)19-7-6-14(18)16-11-3-4-11/h2,5,8-9,11,17H,3-4,6-7H2,1H3,(H,16,18)/t9-/m0/s1. The van der Waals surface area contributed by atoms with E-state index < -0.39 is 6.10 Å². The van der Waals surface area contributed by atoms with E-state index in [0.717, 1.165) is 12.8 Å². The lowest BCUT2D eigenvalue weighted by molar-refractivity contribution is -0.121. The van der Waals surface area contributed by atoms with Crippen molar-refractivity contribution in [1.29, 1.82) is 0 Å². The van der Waals surface area contributed by atoms with Crippen molar-refractivity contribution >= 4 is 17.5 Å². The fourth-order valence-corrected chi connectivity index (χ4v) is 1.94. The van der Waals surface area contributed by atoms with Crippen molar-refractivity contribution in [2.24, 2.45) is 0 Å². The highest BCUT2D eigenvalue weighted by Gasteiger charge is 2.22. The number of hydrogen-bond acceptors (Lipinski definition) is 3. The zero-order valence-electron chi connectivity index (χ0n) is 10.9. The number of halogens is 1. The van der Waals surface area contributed by atoms with Crippen molar-refractivity contribution in [2.45, 2.75) is 38.3 Å². The first-order chi connectivity index (χ1) is 9.06. The molecule has 0 radical (unpaired) electrons. The molecule has 4 nitrogen and oxygen atoms in total. The summed E-state index contributed by atoms with van der Waals surface area (Å²) in [6.45, 7) is 1.94. The highest BCUT2D eigenvalue weighted by atomic mass is 35.5. The van der Waals surface area contributed by atoms with Crippen LogP contribution in [0.4, 0.5) is 0 Å². The third-order valence-electron chi connectivity index (χ3n) is 2.95. The van der Waals surface area contributed by atoms with Crippen molar-refractivity contribution < 1.29 is 14.6 Å². The summed E-state index contributed by atoms with van der Waals surface area (Å²) in [7, 11) is 0. The molecule has 1 aromatic carbocycles. The van der Waals surface area contributed by atoms with Gasteiger partial charge in [-0.1, -0.05) is 11.6 Å². The summed E-state index contributed by atoms with van der Waals surface area (Å²) in [5.74, 6) is 0.577. The van der Waals surface area contributed by atoms with Gasteiger partial charge in [-0.3, -0.25) is 4.79 Å². The van der Waals surface area contributed by atoms with Crippen LogP contribution in [0.15, 0.2) is 18.2 Å². The molecule has 1 aliphatic carbocycles. The van der Waals surface area contributed by atoms with Crippen LogP contribution in [-0.4, -0.2) is 23.7 Å². The molecule has 1 saturated carbocycles. The van der Waals surface area contributed by atoms with Gasteiger partial charge in [0.15, 0.2) is 0 Å². The summed E-state index contributed by atoms with van der Waals surface area (Å²) in [5, 5.41) is 13.1. The molecule has 1 aromatic rings. The predicted molar refractivity (Wildman–Crippen MR) is 73.4 cm³/mol. The van der Waals surface area contributed by atoms with Gasteiger partial charge in [0.05, 0.1) is 19.1 Å².